The fourth-order valence-electron chi connectivity index (χ4n) is 6.28. The van der Waals surface area contributed by atoms with Crippen LogP contribution in [-0.4, -0.2) is 38.8 Å². The second-order valence-corrected chi connectivity index (χ2v) is 13.7. The summed E-state index contributed by atoms with van der Waals surface area (Å²) in [4.78, 5) is 0. The maximum absolute atomic E-state index is 13.4. The third-order valence-electron chi connectivity index (χ3n) is 9.75. The lowest BCUT2D eigenvalue weighted by molar-refractivity contribution is -0.136. The summed E-state index contributed by atoms with van der Waals surface area (Å²) < 4.78 is 54.3. The molecule has 0 aliphatic carbocycles. The molecule has 3 heterocycles. The molecule has 0 radical (unpaired) electrons. The van der Waals surface area contributed by atoms with Crippen molar-refractivity contribution < 1.29 is 27.8 Å². The molecule has 2 aromatic rings. The van der Waals surface area contributed by atoms with Crippen LogP contribution in [0.4, 0.5) is 18.9 Å². The molecule has 0 bridgehead atoms. The maximum Gasteiger partial charge on any atom is 0.418 e. The Bertz CT molecular complexity index is 1390. The Kier molecular flexibility index (Phi) is 9.81. The Balaban J connectivity index is 1.56. The molecule has 9 heteroatoms. The molecule has 0 amide bonds. The summed E-state index contributed by atoms with van der Waals surface area (Å²) in [6, 6.07) is 5.50. The van der Waals surface area contributed by atoms with E-state index < -0.39 is 17.8 Å². The number of epoxide rings is 1. The number of nitrogen functional groups attached to an aromatic ring is 1. The van der Waals surface area contributed by atoms with Crippen LogP contribution in [-0.2, 0) is 15.7 Å². The smallest absolute Gasteiger partial charge is 0.418 e. The van der Waals surface area contributed by atoms with Gasteiger partial charge in [-0.25, -0.2) is 4.68 Å². The van der Waals surface area contributed by atoms with Gasteiger partial charge in [-0.3, -0.25) is 0 Å². The lowest BCUT2D eigenvalue weighted by atomic mass is 9.72. The predicted octanol–water partition coefficient (Wildman–Crippen LogP) is 8.50. The first-order chi connectivity index (χ1) is 20.4. The normalized spacial score (nSPS) is 30.9. The molecule has 6 nitrogen and oxygen atoms in total. The van der Waals surface area contributed by atoms with Crippen molar-refractivity contribution in [3.63, 3.8) is 0 Å². The van der Waals surface area contributed by atoms with Crippen LogP contribution >= 0.6 is 0 Å². The number of nitrogens with two attached hydrogens (primary N) is 1. The van der Waals surface area contributed by atoms with E-state index in [2.05, 4.69) is 52.9 Å². The molecule has 0 spiro atoms. The Morgan fingerprint density at radius 2 is 1.86 bits per heavy atom. The summed E-state index contributed by atoms with van der Waals surface area (Å²) in [6.45, 7) is 21.2. The van der Waals surface area contributed by atoms with Gasteiger partial charge in [0.1, 0.15) is 6.10 Å². The van der Waals surface area contributed by atoms with Crippen molar-refractivity contribution in [1.29, 1.82) is 0 Å². The molecule has 2 saturated heterocycles. The maximum atomic E-state index is 13.4. The third kappa shape index (κ3) is 7.78. The van der Waals surface area contributed by atoms with Crippen molar-refractivity contribution in [3.8, 4) is 5.69 Å². The van der Waals surface area contributed by atoms with E-state index >= 15 is 0 Å². The average molecular weight is 616 g/mol. The number of ether oxygens (including phenoxy) is 2. The average Bonchev–Trinajstić information content (AvgIpc) is 3.33. The van der Waals surface area contributed by atoms with Crippen LogP contribution in [0.2, 0.25) is 0 Å². The van der Waals surface area contributed by atoms with E-state index in [9.17, 15) is 18.3 Å². The number of alkyl halides is 3. The van der Waals surface area contributed by atoms with Gasteiger partial charge in [0.25, 0.3) is 0 Å². The Morgan fingerprint density at radius 1 is 1.16 bits per heavy atom. The fourth-order valence-corrected chi connectivity index (χ4v) is 6.28. The quantitative estimate of drug-likeness (QED) is 0.205. The molecule has 3 N–H and O–H groups in total. The minimum atomic E-state index is -4.56. The molecular weight excluding hydrogens is 567 g/mol. The minimum absolute atomic E-state index is 0.0139. The monoisotopic (exact) mass is 615 g/mol. The van der Waals surface area contributed by atoms with E-state index in [0.717, 1.165) is 42.9 Å². The van der Waals surface area contributed by atoms with Gasteiger partial charge in [0.05, 0.1) is 40.5 Å². The summed E-state index contributed by atoms with van der Waals surface area (Å²) in [6.07, 6.45) is 2.98. The first kappa shape index (κ1) is 33.8. The first-order valence-corrected chi connectivity index (χ1v) is 15.5. The highest BCUT2D eigenvalue weighted by Crippen LogP contribution is 2.46. The second kappa shape index (κ2) is 12.8. The van der Waals surface area contributed by atoms with E-state index in [4.69, 9.17) is 15.2 Å². The Hall–Kier alpha value is -3.04. The number of hydrogen-bond donors (Lipinski definition) is 2. The molecule has 6 atom stereocenters. The zero-order chi connectivity index (χ0) is 32.6. The molecule has 1 aromatic carbocycles. The highest BCUT2D eigenvalue weighted by molar-refractivity contribution is 5.55. The molecule has 2 aliphatic rings. The first-order valence-electron chi connectivity index (χ1n) is 15.5. The van der Waals surface area contributed by atoms with Gasteiger partial charge in [-0.1, -0.05) is 52.8 Å². The topological polar surface area (TPSA) is 85.8 Å². The molecule has 44 heavy (non-hydrogen) atoms. The highest BCUT2D eigenvalue weighted by Gasteiger charge is 2.52. The molecule has 0 unspecified atom stereocenters. The molecular formula is C35H48F3N3O3. The summed E-state index contributed by atoms with van der Waals surface area (Å²) in [7, 11) is 0. The molecule has 242 valence electrons. The van der Waals surface area contributed by atoms with Crippen molar-refractivity contribution in [2.75, 3.05) is 5.73 Å². The summed E-state index contributed by atoms with van der Waals surface area (Å²) in [5.74, 6) is 0.774. The number of aliphatic hydroxyl groups is 1. The highest BCUT2D eigenvalue weighted by atomic mass is 19.4. The van der Waals surface area contributed by atoms with Gasteiger partial charge in [0.2, 0.25) is 0 Å². The SMILES string of the molecule is C=C1CCC(C)(C)C(=C)[C@H](C)[C@@H](O)[C@@H](C)CCC[C@@]2(C)O[C@H]2C[C@@H](/C(C)=C/c2ccn(-c3ccc(N)c(C(F)(F)F)c3)n2)O1. The van der Waals surface area contributed by atoms with Crippen LogP contribution in [0.3, 0.4) is 0 Å². The van der Waals surface area contributed by atoms with Crippen LogP contribution in [0.1, 0.15) is 91.3 Å². The van der Waals surface area contributed by atoms with Crippen molar-refractivity contribution in [2.24, 2.45) is 17.3 Å². The Morgan fingerprint density at radius 3 is 2.55 bits per heavy atom. The second-order valence-electron chi connectivity index (χ2n) is 13.7. The predicted molar refractivity (Wildman–Crippen MR) is 169 cm³/mol. The number of aliphatic hydroxyl groups excluding tert-OH is 1. The van der Waals surface area contributed by atoms with Crippen LogP contribution in [0.15, 0.2) is 60.5 Å². The number of halogens is 3. The zero-order valence-electron chi connectivity index (χ0n) is 26.9. The van der Waals surface area contributed by atoms with Gasteiger partial charge >= 0.3 is 6.18 Å². The Labute approximate surface area is 259 Å². The van der Waals surface area contributed by atoms with Gasteiger partial charge in [0.15, 0.2) is 0 Å². The number of anilines is 1. The van der Waals surface area contributed by atoms with E-state index in [1.54, 1.807) is 12.3 Å². The summed E-state index contributed by atoms with van der Waals surface area (Å²) >= 11 is 0. The lowest BCUT2D eigenvalue weighted by Crippen LogP contribution is -2.32. The molecule has 0 saturated carbocycles. The molecule has 2 aliphatic heterocycles. The van der Waals surface area contributed by atoms with Crippen molar-refractivity contribution >= 4 is 11.8 Å². The van der Waals surface area contributed by atoms with Gasteiger partial charge in [0, 0.05) is 30.6 Å². The van der Waals surface area contributed by atoms with E-state index in [-0.39, 0.29) is 46.4 Å². The van der Waals surface area contributed by atoms with Crippen molar-refractivity contribution in [1.82, 2.24) is 9.78 Å². The summed E-state index contributed by atoms with van der Waals surface area (Å²) in [5, 5.41) is 15.6. The van der Waals surface area contributed by atoms with Gasteiger partial charge in [-0.2, -0.15) is 18.3 Å². The van der Waals surface area contributed by atoms with E-state index in [0.29, 0.717) is 24.3 Å². The van der Waals surface area contributed by atoms with E-state index in [1.807, 2.05) is 13.0 Å². The van der Waals surface area contributed by atoms with Gasteiger partial charge in [-0.05, 0) is 80.4 Å². The minimum Gasteiger partial charge on any atom is -0.491 e. The zero-order valence-corrected chi connectivity index (χ0v) is 26.9. The fraction of sp³-hybridized carbons (Fsp3) is 0.571. The van der Waals surface area contributed by atoms with Crippen LogP contribution in [0.25, 0.3) is 11.8 Å². The van der Waals surface area contributed by atoms with Gasteiger partial charge < -0.3 is 20.3 Å². The number of rotatable bonds is 3. The molecule has 4 rings (SSSR count). The number of hydrogen-bond acceptors (Lipinski definition) is 5. The largest absolute Gasteiger partial charge is 0.491 e. The number of aromatic nitrogens is 2. The van der Waals surface area contributed by atoms with Crippen molar-refractivity contribution in [2.45, 2.75) is 110 Å². The lowest BCUT2D eigenvalue weighted by Gasteiger charge is -2.36. The number of fused-ring (bicyclic) bond motifs is 1. The van der Waals surface area contributed by atoms with Gasteiger partial charge in [-0.15, -0.1) is 0 Å². The summed E-state index contributed by atoms with van der Waals surface area (Å²) in [5.41, 5.74) is 6.67. The van der Waals surface area contributed by atoms with Crippen molar-refractivity contribution in [3.05, 3.63) is 71.8 Å². The van der Waals surface area contributed by atoms with Crippen LogP contribution < -0.4 is 5.73 Å². The molecule has 2 fully saturated rings. The number of nitrogens with zero attached hydrogens (tertiary/aromatic N) is 2. The van der Waals surface area contributed by atoms with Crippen LogP contribution in [0.5, 0.6) is 0 Å². The standard InChI is InChI=1S/C35H48F3N3O3/c1-21-10-9-15-34(8)31(44-34)20-30(43-23(3)13-16-33(6,7)25(5)24(4)32(21)42)22(2)18-26-14-17-41(40-26)27-11-12-29(39)28(19-27)35(36,37)38/h11-12,14,17-19,21,24,30-32,42H,3,5,9-10,13,15-16,20,39H2,1-2,4,6-8H3/b22-18+/t21-,24-,30-,31-,32-,34+/m0/s1. The number of benzene rings is 1. The molecule has 1 aromatic heterocycles. The third-order valence-corrected chi connectivity index (χ3v) is 9.75. The number of allylic oxidation sites excluding steroid dienone is 1. The van der Waals surface area contributed by atoms with Crippen LogP contribution in [0, 0.1) is 17.3 Å². The van der Waals surface area contributed by atoms with E-state index in [1.165, 1.54) is 16.8 Å².